The van der Waals surface area contributed by atoms with E-state index in [-0.39, 0.29) is 49.2 Å². The molecule has 142 valence electrons. The van der Waals surface area contributed by atoms with E-state index in [1.54, 1.807) is 4.90 Å². The lowest BCUT2D eigenvalue weighted by Crippen LogP contribution is -2.30. The third-order valence-corrected chi connectivity index (χ3v) is 6.27. The van der Waals surface area contributed by atoms with Crippen LogP contribution < -0.4 is 0 Å². The molecule has 27 heavy (non-hydrogen) atoms. The average Bonchev–Trinajstić information content (AvgIpc) is 3.29. The number of thiophene rings is 1. The maximum Gasteiger partial charge on any atom is 0.223 e. The zero-order valence-electron chi connectivity index (χ0n) is 15.9. The van der Waals surface area contributed by atoms with Crippen molar-refractivity contribution in [3.63, 3.8) is 0 Å². The van der Waals surface area contributed by atoms with E-state index < -0.39 is 0 Å². The molecule has 0 saturated carbocycles. The van der Waals surface area contributed by atoms with Crippen LogP contribution in [0.4, 0.5) is 0 Å². The van der Waals surface area contributed by atoms with Crippen LogP contribution in [0.3, 0.4) is 0 Å². The minimum absolute atomic E-state index is 0.00690. The van der Waals surface area contributed by atoms with Gasteiger partial charge in [-0.3, -0.25) is 14.4 Å². The van der Waals surface area contributed by atoms with Crippen molar-refractivity contribution in [1.29, 1.82) is 0 Å². The Morgan fingerprint density at radius 3 is 2.52 bits per heavy atom. The Bertz CT molecular complexity index is 855. The number of carbonyl (C=O) groups excluding carboxylic acids is 3. The summed E-state index contributed by atoms with van der Waals surface area (Å²) in [5.41, 5.74) is 2.53. The highest BCUT2D eigenvalue weighted by atomic mass is 32.1. The second-order valence-electron chi connectivity index (χ2n) is 7.13. The number of benzene rings is 1. The molecule has 1 aliphatic rings. The van der Waals surface area contributed by atoms with Crippen LogP contribution in [0.1, 0.15) is 63.8 Å². The van der Waals surface area contributed by atoms with Crippen molar-refractivity contribution in [3.05, 3.63) is 57.3 Å². The Morgan fingerprint density at radius 2 is 1.78 bits per heavy atom. The van der Waals surface area contributed by atoms with Crippen molar-refractivity contribution in [1.82, 2.24) is 4.90 Å². The van der Waals surface area contributed by atoms with Crippen LogP contribution in [0.15, 0.2) is 36.4 Å². The van der Waals surface area contributed by atoms with E-state index >= 15 is 0 Å². The van der Waals surface area contributed by atoms with Gasteiger partial charge in [-0.15, -0.1) is 11.3 Å². The minimum atomic E-state index is -0.0230. The number of hydrogen-bond donors (Lipinski definition) is 0. The molecule has 0 N–H and O–H groups in total. The predicted molar refractivity (Wildman–Crippen MR) is 107 cm³/mol. The number of nitrogens with zero attached hydrogens (tertiary/aromatic N) is 1. The Balaban J connectivity index is 1.45. The number of rotatable bonds is 8. The molecule has 1 heterocycles. The summed E-state index contributed by atoms with van der Waals surface area (Å²) >= 11 is 1.46. The molecule has 0 spiro atoms. The highest BCUT2D eigenvalue weighted by Crippen LogP contribution is 2.35. The Morgan fingerprint density at radius 1 is 1.04 bits per heavy atom. The zero-order chi connectivity index (χ0) is 19.4. The van der Waals surface area contributed by atoms with Crippen LogP contribution in [-0.2, 0) is 16.0 Å². The smallest absolute Gasteiger partial charge is 0.223 e. The number of carbonyl (C=O) groups is 3. The van der Waals surface area contributed by atoms with Gasteiger partial charge in [0.2, 0.25) is 5.91 Å². The van der Waals surface area contributed by atoms with Crippen molar-refractivity contribution in [2.24, 2.45) is 0 Å². The molecule has 2 aromatic rings. The van der Waals surface area contributed by atoms with Gasteiger partial charge in [0.1, 0.15) is 5.78 Å². The summed E-state index contributed by atoms with van der Waals surface area (Å²) in [5.74, 6) is -0.0251. The highest BCUT2D eigenvalue weighted by Gasteiger charge is 2.28. The van der Waals surface area contributed by atoms with Gasteiger partial charge in [0.05, 0.1) is 10.9 Å². The predicted octanol–water partition coefficient (Wildman–Crippen LogP) is 4.51. The normalized spacial score (nSPS) is 15.4. The van der Waals surface area contributed by atoms with Crippen molar-refractivity contribution < 1.29 is 14.4 Å². The first-order valence-corrected chi connectivity index (χ1v) is 10.2. The molecule has 3 rings (SSSR count). The summed E-state index contributed by atoms with van der Waals surface area (Å²) in [6.45, 7) is 1.96. The zero-order valence-corrected chi connectivity index (χ0v) is 16.7. The fourth-order valence-electron chi connectivity index (χ4n) is 3.62. The van der Waals surface area contributed by atoms with Crippen molar-refractivity contribution in [3.8, 4) is 0 Å². The lowest BCUT2D eigenvalue weighted by molar-refractivity contribution is -0.134. The molecule has 5 heteroatoms. The molecule has 0 bridgehead atoms. The van der Waals surface area contributed by atoms with E-state index in [1.807, 2.05) is 38.2 Å². The van der Waals surface area contributed by atoms with Gasteiger partial charge in [-0.1, -0.05) is 24.3 Å². The molecule has 0 aliphatic heterocycles. The quantitative estimate of drug-likeness (QED) is 0.630. The van der Waals surface area contributed by atoms with Crippen LogP contribution in [0, 0.1) is 6.92 Å². The Hall–Kier alpha value is -2.27. The van der Waals surface area contributed by atoms with Crippen LogP contribution in [0.2, 0.25) is 0 Å². The summed E-state index contributed by atoms with van der Waals surface area (Å²) < 4.78 is 0. The average molecular weight is 384 g/mol. The molecule has 1 atom stereocenters. The van der Waals surface area contributed by atoms with Gasteiger partial charge < -0.3 is 4.90 Å². The number of aryl methyl sites for hydroxylation is 2. The number of Topliss-reactive ketones (excluding diaryl/α,β-unsaturated/α-hetero) is 2. The van der Waals surface area contributed by atoms with Crippen LogP contribution in [-0.4, -0.2) is 29.4 Å². The van der Waals surface area contributed by atoms with E-state index in [2.05, 4.69) is 12.1 Å². The van der Waals surface area contributed by atoms with Crippen molar-refractivity contribution in [2.75, 3.05) is 7.05 Å². The third kappa shape index (κ3) is 4.72. The molecular formula is C22H25NO3S. The molecule has 1 aliphatic carbocycles. The molecular weight excluding hydrogens is 358 g/mol. The van der Waals surface area contributed by atoms with Crippen molar-refractivity contribution >= 4 is 28.8 Å². The van der Waals surface area contributed by atoms with E-state index in [9.17, 15) is 14.4 Å². The lowest BCUT2D eigenvalue weighted by Gasteiger charge is -2.25. The summed E-state index contributed by atoms with van der Waals surface area (Å²) in [6.07, 6.45) is 2.76. The van der Waals surface area contributed by atoms with E-state index in [0.717, 1.165) is 17.7 Å². The molecule has 0 saturated heterocycles. The van der Waals surface area contributed by atoms with Crippen LogP contribution in [0.25, 0.3) is 0 Å². The van der Waals surface area contributed by atoms with Gasteiger partial charge in [-0.25, -0.2) is 0 Å². The summed E-state index contributed by atoms with van der Waals surface area (Å²) in [4.78, 5) is 40.3. The van der Waals surface area contributed by atoms with Gasteiger partial charge >= 0.3 is 0 Å². The first-order valence-electron chi connectivity index (χ1n) is 9.40. The van der Waals surface area contributed by atoms with Gasteiger partial charge in [0.15, 0.2) is 5.78 Å². The highest BCUT2D eigenvalue weighted by molar-refractivity contribution is 7.14. The van der Waals surface area contributed by atoms with Gasteiger partial charge in [-0.2, -0.15) is 0 Å². The van der Waals surface area contributed by atoms with E-state index in [0.29, 0.717) is 4.88 Å². The number of fused-ring (bicyclic) bond motifs is 1. The minimum Gasteiger partial charge on any atom is -0.339 e. The standard InChI is InChI=1S/C22H25NO3S/c1-15-7-13-21(27-15)20(25)12-9-17(24)10-14-22(26)23(2)19-11-8-16-5-3-4-6-18(16)19/h3-7,13,19H,8-12,14H2,1-2H3. The maximum atomic E-state index is 12.5. The van der Waals surface area contributed by atoms with Gasteiger partial charge in [0, 0.05) is 37.6 Å². The maximum absolute atomic E-state index is 12.5. The summed E-state index contributed by atoms with van der Waals surface area (Å²) in [5, 5.41) is 0. The van der Waals surface area contributed by atoms with E-state index in [4.69, 9.17) is 0 Å². The SMILES string of the molecule is Cc1ccc(C(=O)CCC(=O)CCC(=O)N(C)C2CCc3ccccc32)s1. The van der Waals surface area contributed by atoms with Crippen LogP contribution in [0.5, 0.6) is 0 Å². The fourth-order valence-corrected chi connectivity index (χ4v) is 4.45. The first kappa shape index (κ1) is 19.5. The molecule has 1 aromatic heterocycles. The van der Waals surface area contributed by atoms with Gasteiger partial charge in [0.25, 0.3) is 0 Å². The molecule has 4 nitrogen and oxygen atoms in total. The monoisotopic (exact) mass is 383 g/mol. The number of ketones is 2. The molecule has 0 radical (unpaired) electrons. The first-order chi connectivity index (χ1) is 13.0. The fraction of sp³-hybridized carbons (Fsp3) is 0.409. The largest absolute Gasteiger partial charge is 0.339 e. The summed E-state index contributed by atoms with van der Waals surface area (Å²) in [7, 11) is 1.82. The van der Waals surface area contributed by atoms with E-state index in [1.165, 1.54) is 22.5 Å². The third-order valence-electron chi connectivity index (χ3n) is 5.23. The molecule has 1 aromatic carbocycles. The topological polar surface area (TPSA) is 54.5 Å². The van der Waals surface area contributed by atoms with Gasteiger partial charge in [-0.05, 0) is 43.0 Å². The second kappa shape index (κ2) is 8.61. The Labute approximate surface area is 164 Å². The molecule has 1 amide bonds. The second-order valence-corrected chi connectivity index (χ2v) is 8.42. The van der Waals surface area contributed by atoms with Crippen LogP contribution >= 0.6 is 11.3 Å². The Kier molecular flexibility index (Phi) is 6.22. The number of hydrogen-bond acceptors (Lipinski definition) is 4. The molecule has 0 fully saturated rings. The number of amides is 1. The summed E-state index contributed by atoms with van der Waals surface area (Å²) in [6, 6.07) is 12.1. The lowest BCUT2D eigenvalue weighted by atomic mass is 10.1. The van der Waals surface area contributed by atoms with Crippen molar-refractivity contribution in [2.45, 2.75) is 51.5 Å². The molecule has 1 unspecified atom stereocenters.